The zero-order chi connectivity index (χ0) is 15.9. The van der Waals surface area contributed by atoms with Gasteiger partial charge < -0.3 is 4.90 Å². The molecule has 1 saturated heterocycles. The molecule has 2 heterocycles. The second kappa shape index (κ2) is 9.13. The van der Waals surface area contributed by atoms with Crippen LogP contribution in [0.25, 0.3) is 0 Å². The highest BCUT2D eigenvalue weighted by Crippen LogP contribution is 2.30. The molecule has 1 aliphatic heterocycles. The van der Waals surface area contributed by atoms with E-state index < -0.39 is 0 Å². The van der Waals surface area contributed by atoms with Crippen LogP contribution in [0.3, 0.4) is 0 Å². The second-order valence-electron chi connectivity index (χ2n) is 6.07. The summed E-state index contributed by atoms with van der Waals surface area (Å²) in [6, 6.07) is 0. The number of unbranched alkanes of at least 4 members (excludes halogenated alkanes) is 1. The van der Waals surface area contributed by atoms with Gasteiger partial charge in [-0.2, -0.15) is 0 Å². The number of hydrogen-bond acceptors (Lipinski definition) is 6. The molecule has 0 aliphatic carbocycles. The number of rotatable bonds is 7. The number of piperidine rings is 1. The van der Waals surface area contributed by atoms with Gasteiger partial charge in [-0.1, -0.05) is 62.1 Å². The van der Waals surface area contributed by atoms with Crippen molar-refractivity contribution in [3.8, 4) is 0 Å². The molecule has 0 N–H and O–H groups in total. The van der Waals surface area contributed by atoms with E-state index in [2.05, 4.69) is 31.0 Å². The molecule has 1 aromatic rings. The number of carbonyl (C=O) groups excluding carboxylic acids is 1. The van der Waals surface area contributed by atoms with Gasteiger partial charge in [0.05, 0.1) is 5.75 Å². The van der Waals surface area contributed by atoms with Crippen LogP contribution >= 0.6 is 34.9 Å². The van der Waals surface area contributed by atoms with Crippen molar-refractivity contribution in [2.75, 3.05) is 24.6 Å². The Hall–Kier alpha value is -0.270. The molecule has 2 atom stereocenters. The number of aromatic nitrogens is 2. The molecule has 0 bridgehead atoms. The molecule has 0 saturated carbocycles. The predicted octanol–water partition coefficient (Wildman–Crippen LogP) is 4.03. The van der Waals surface area contributed by atoms with E-state index in [1.807, 2.05) is 4.90 Å². The highest BCUT2D eigenvalue weighted by molar-refractivity contribution is 8.03. The minimum atomic E-state index is 0.235. The lowest BCUT2D eigenvalue weighted by molar-refractivity contribution is -0.130. The Bertz CT molecular complexity index is 470. The van der Waals surface area contributed by atoms with Crippen molar-refractivity contribution < 1.29 is 4.79 Å². The molecule has 0 aromatic carbocycles. The summed E-state index contributed by atoms with van der Waals surface area (Å²) in [6.45, 7) is 8.45. The van der Waals surface area contributed by atoms with Gasteiger partial charge in [0.25, 0.3) is 0 Å². The monoisotopic (exact) mass is 359 g/mol. The molecule has 22 heavy (non-hydrogen) atoms. The summed E-state index contributed by atoms with van der Waals surface area (Å²) in [4.78, 5) is 14.4. The normalized spacial score (nSPS) is 22.0. The van der Waals surface area contributed by atoms with Gasteiger partial charge in [0, 0.05) is 18.8 Å². The van der Waals surface area contributed by atoms with Crippen LogP contribution in [0, 0.1) is 11.8 Å². The SMILES string of the molecule is CCCCSc1nnc(SCC(=O)N2CC(C)CC(C)C2)s1. The first-order valence-corrected chi connectivity index (χ1v) is 10.7. The van der Waals surface area contributed by atoms with Crippen molar-refractivity contribution in [1.29, 1.82) is 0 Å². The molecule has 0 radical (unpaired) electrons. The van der Waals surface area contributed by atoms with E-state index in [0.29, 0.717) is 17.6 Å². The van der Waals surface area contributed by atoms with E-state index in [0.717, 1.165) is 27.5 Å². The van der Waals surface area contributed by atoms with Crippen LogP contribution in [-0.2, 0) is 4.79 Å². The second-order valence-corrected chi connectivity index (χ2v) is 9.61. The van der Waals surface area contributed by atoms with Crippen LogP contribution in [0.4, 0.5) is 0 Å². The molecule has 1 amide bonds. The lowest BCUT2D eigenvalue weighted by Crippen LogP contribution is -2.43. The Kier molecular flexibility index (Phi) is 7.50. The van der Waals surface area contributed by atoms with E-state index in [4.69, 9.17) is 0 Å². The minimum absolute atomic E-state index is 0.235. The summed E-state index contributed by atoms with van der Waals surface area (Å²) in [6.07, 6.45) is 3.64. The van der Waals surface area contributed by atoms with Gasteiger partial charge in [-0.15, -0.1) is 10.2 Å². The van der Waals surface area contributed by atoms with Crippen LogP contribution in [0.15, 0.2) is 8.68 Å². The van der Waals surface area contributed by atoms with Crippen LogP contribution in [0.1, 0.15) is 40.0 Å². The van der Waals surface area contributed by atoms with Gasteiger partial charge >= 0.3 is 0 Å². The van der Waals surface area contributed by atoms with Gasteiger partial charge in [0.2, 0.25) is 5.91 Å². The summed E-state index contributed by atoms with van der Waals surface area (Å²) in [5.74, 6) is 3.03. The molecule has 7 heteroatoms. The van der Waals surface area contributed by atoms with E-state index in [-0.39, 0.29) is 5.91 Å². The number of likely N-dealkylation sites (tertiary alicyclic amines) is 1. The van der Waals surface area contributed by atoms with Crippen LogP contribution in [0.2, 0.25) is 0 Å². The summed E-state index contributed by atoms with van der Waals surface area (Å²) in [5, 5.41) is 8.37. The third kappa shape index (κ3) is 5.74. The first kappa shape index (κ1) is 18.1. The third-order valence-electron chi connectivity index (χ3n) is 3.65. The zero-order valence-electron chi connectivity index (χ0n) is 13.6. The van der Waals surface area contributed by atoms with Crippen molar-refractivity contribution in [1.82, 2.24) is 15.1 Å². The lowest BCUT2D eigenvalue weighted by atomic mass is 9.92. The fraction of sp³-hybridized carbons (Fsp3) is 0.800. The Morgan fingerprint density at radius 1 is 1.23 bits per heavy atom. The van der Waals surface area contributed by atoms with Crippen molar-refractivity contribution in [2.45, 2.75) is 48.7 Å². The van der Waals surface area contributed by atoms with Gasteiger partial charge in [-0.25, -0.2) is 0 Å². The van der Waals surface area contributed by atoms with Crippen LogP contribution in [0.5, 0.6) is 0 Å². The number of hydrogen-bond donors (Lipinski definition) is 0. The quantitative estimate of drug-likeness (QED) is 0.543. The molecule has 4 nitrogen and oxygen atoms in total. The fourth-order valence-electron chi connectivity index (χ4n) is 2.70. The molecule has 2 unspecified atom stereocenters. The number of thioether (sulfide) groups is 2. The summed E-state index contributed by atoms with van der Waals surface area (Å²) in [7, 11) is 0. The van der Waals surface area contributed by atoms with Gasteiger partial charge in [0.15, 0.2) is 8.68 Å². The molecule has 1 aromatic heterocycles. The Labute approximate surface area is 145 Å². The highest BCUT2D eigenvalue weighted by atomic mass is 32.2. The zero-order valence-corrected chi connectivity index (χ0v) is 16.0. The molecule has 1 fully saturated rings. The topological polar surface area (TPSA) is 46.1 Å². The van der Waals surface area contributed by atoms with Gasteiger partial charge in [-0.05, 0) is 24.7 Å². The predicted molar refractivity (Wildman–Crippen MR) is 95.8 cm³/mol. The lowest BCUT2D eigenvalue weighted by Gasteiger charge is -2.34. The van der Waals surface area contributed by atoms with Crippen molar-refractivity contribution >= 4 is 40.8 Å². The molecular formula is C15H25N3OS3. The van der Waals surface area contributed by atoms with E-state index in [9.17, 15) is 4.79 Å². The standard InChI is InChI=1S/C15H25N3OS3/c1-4-5-6-20-14-16-17-15(22-14)21-10-13(19)18-8-11(2)7-12(3)9-18/h11-12H,4-10H2,1-3H3. The van der Waals surface area contributed by atoms with E-state index >= 15 is 0 Å². The maximum Gasteiger partial charge on any atom is 0.233 e. The van der Waals surface area contributed by atoms with Crippen molar-refractivity contribution in [2.24, 2.45) is 11.8 Å². The van der Waals surface area contributed by atoms with Crippen molar-refractivity contribution in [3.63, 3.8) is 0 Å². The van der Waals surface area contributed by atoms with Crippen LogP contribution in [-0.4, -0.2) is 45.6 Å². The number of carbonyl (C=O) groups is 1. The van der Waals surface area contributed by atoms with E-state index in [1.165, 1.54) is 31.0 Å². The highest BCUT2D eigenvalue weighted by Gasteiger charge is 2.25. The Morgan fingerprint density at radius 3 is 2.50 bits per heavy atom. The first-order valence-electron chi connectivity index (χ1n) is 7.95. The van der Waals surface area contributed by atoms with Crippen molar-refractivity contribution in [3.05, 3.63) is 0 Å². The summed E-state index contributed by atoms with van der Waals surface area (Å²) in [5.41, 5.74) is 0. The molecule has 1 aliphatic rings. The average molecular weight is 360 g/mol. The van der Waals surface area contributed by atoms with Gasteiger partial charge in [0.1, 0.15) is 0 Å². The largest absolute Gasteiger partial charge is 0.341 e. The molecule has 2 rings (SSSR count). The smallest absolute Gasteiger partial charge is 0.233 e. The minimum Gasteiger partial charge on any atom is -0.341 e. The maximum absolute atomic E-state index is 12.3. The Morgan fingerprint density at radius 2 is 1.86 bits per heavy atom. The molecular weight excluding hydrogens is 334 g/mol. The third-order valence-corrected chi connectivity index (χ3v) is 6.91. The average Bonchev–Trinajstić information content (AvgIpc) is 2.92. The van der Waals surface area contributed by atoms with Gasteiger partial charge in [-0.3, -0.25) is 4.79 Å². The first-order chi connectivity index (χ1) is 10.6. The number of nitrogens with zero attached hydrogens (tertiary/aromatic N) is 3. The summed E-state index contributed by atoms with van der Waals surface area (Å²) < 4.78 is 1.93. The Balaban J connectivity index is 1.76. The van der Waals surface area contributed by atoms with Crippen LogP contribution < -0.4 is 0 Å². The number of amides is 1. The molecule has 124 valence electrons. The molecule has 0 spiro atoms. The van der Waals surface area contributed by atoms with E-state index in [1.54, 1.807) is 23.1 Å². The maximum atomic E-state index is 12.3. The summed E-state index contributed by atoms with van der Waals surface area (Å²) >= 11 is 4.90. The fourth-order valence-corrected chi connectivity index (χ4v) is 5.78.